The first-order valence-corrected chi connectivity index (χ1v) is 19.6. The summed E-state index contributed by atoms with van der Waals surface area (Å²) in [6.45, 7) is 8.15. The maximum absolute atomic E-state index is 13.0. The second-order valence-corrected chi connectivity index (χ2v) is 16.8. The molecule has 1 aromatic heterocycles. The van der Waals surface area contributed by atoms with Crippen molar-refractivity contribution in [1.82, 2.24) is 18.7 Å². The van der Waals surface area contributed by atoms with Crippen LogP contribution in [0.5, 0.6) is 0 Å². The number of hydrogen-bond acceptors (Lipinski definition) is 13. The monoisotopic (exact) mass is 715 g/mol. The highest BCUT2D eigenvalue weighted by molar-refractivity contribution is 7.94. The summed E-state index contributed by atoms with van der Waals surface area (Å²) in [7, 11) is -7.11. The molecule has 0 bridgehead atoms. The van der Waals surface area contributed by atoms with E-state index in [1.807, 2.05) is 32.4 Å². The number of nitriles is 1. The van der Waals surface area contributed by atoms with Crippen molar-refractivity contribution < 1.29 is 45.9 Å². The van der Waals surface area contributed by atoms with Crippen LogP contribution >= 0.6 is 16.0 Å². The molecule has 3 N–H and O–H groups in total. The van der Waals surface area contributed by atoms with E-state index in [1.165, 1.54) is 20.4 Å². The lowest BCUT2D eigenvalue weighted by molar-refractivity contribution is -0.130. The van der Waals surface area contributed by atoms with Gasteiger partial charge in [0.15, 0.2) is 6.23 Å². The average molecular weight is 716 g/mol. The van der Waals surface area contributed by atoms with Crippen molar-refractivity contribution in [3.05, 3.63) is 33.1 Å². The summed E-state index contributed by atoms with van der Waals surface area (Å²) in [4.78, 5) is 37.3. The Bertz CT molecular complexity index is 1390. The van der Waals surface area contributed by atoms with Gasteiger partial charge in [-0.3, -0.25) is 18.9 Å². The summed E-state index contributed by atoms with van der Waals surface area (Å²) in [5.74, 6) is 0. The lowest BCUT2D eigenvalue weighted by Gasteiger charge is -2.38. The van der Waals surface area contributed by atoms with Gasteiger partial charge in [0.05, 0.1) is 44.7 Å². The zero-order chi connectivity index (χ0) is 34.7. The van der Waals surface area contributed by atoms with Gasteiger partial charge in [-0.05, 0) is 40.5 Å². The third kappa shape index (κ3) is 12.8. The van der Waals surface area contributed by atoms with Crippen molar-refractivity contribution in [2.75, 3.05) is 46.5 Å². The van der Waals surface area contributed by atoms with Crippen LogP contribution in [0.2, 0.25) is 0 Å². The molecule has 0 saturated carbocycles. The highest BCUT2D eigenvalue weighted by Crippen LogP contribution is 2.51. The Kier molecular flexibility index (Phi) is 16.6. The number of methoxy groups -OCH3 is 2. The molecule has 0 amide bonds. The van der Waals surface area contributed by atoms with Crippen LogP contribution in [0.15, 0.2) is 21.9 Å². The highest BCUT2D eigenvalue weighted by Gasteiger charge is 2.50. The van der Waals surface area contributed by atoms with Gasteiger partial charge in [0.25, 0.3) is 21.6 Å². The Labute approximate surface area is 271 Å². The van der Waals surface area contributed by atoms with Crippen molar-refractivity contribution in [1.29, 1.82) is 5.26 Å². The van der Waals surface area contributed by atoms with Gasteiger partial charge in [-0.1, -0.05) is 0 Å². The van der Waals surface area contributed by atoms with E-state index in [2.05, 4.69) is 11.1 Å². The number of aromatic amines is 1. The number of nitrogens with one attached hydrogen (secondary N) is 2. The van der Waals surface area contributed by atoms with Crippen molar-refractivity contribution >= 4 is 26.1 Å². The maximum atomic E-state index is 13.0. The second kappa shape index (κ2) is 18.8. The van der Waals surface area contributed by atoms with Crippen LogP contribution in [0.25, 0.3) is 0 Å². The van der Waals surface area contributed by atoms with E-state index in [4.69, 9.17) is 33.3 Å². The average Bonchev–Trinajstić information content (AvgIpc) is 3.23. The summed E-state index contributed by atoms with van der Waals surface area (Å²) >= 11 is 0. The molecule has 1 aliphatic rings. The third-order valence-corrected chi connectivity index (χ3v) is 12.1. The Morgan fingerprint density at radius 1 is 1.20 bits per heavy atom. The fraction of sp³-hybridized carbons (Fsp3) is 0.808. The molecule has 264 valence electrons. The standard InChI is InChI=1S/C26H47N5O12P2S/c1-18(2)31(19(3)4)44(40-14-9-12-27)43-23-21(10-8-15-45(34,35)29-46(7,36)37)42-25(30-13-11-22(32)28-26(30)33)24(23)41-20(16-38-5)17-39-6/h11,13,18-21,23-25H,8-10,14-17H2,1-7H3,(H,28,32,33)(H2,29,34,35)/t21-,23-,24-,25-,44?/m1/s1. The van der Waals surface area contributed by atoms with Gasteiger partial charge in [0, 0.05) is 44.7 Å². The van der Waals surface area contributed by atoms with Gasteiger partial charge in [-0.2, -0.15) is 5.26 Å². The smallest absolute Gasteiger partial charge is 0.330 e. The number of ether oxygens (including phenoxy) is 4. The first-order chi connectivity index (χ1) is 21.5. The number of H-pyrrole nitrogens is 1. The maximum Gasteiger partial charge on any atom is 0.330 e. The van der Waals surface area contributed by atoms with E-state index >= 15 is 0 Å². The van der Waals surface area contributed by atoms with Crippen molar-refractivity contribution in [2.45, 2.75) is 89.7 Å². The molecule has 6 atom stereocenters. The molecular weight excluding hydrogens is 668 g/mol. The SMILES string of the molecule is COCC(COC)O[C@@H]1[C@H](OP(OCCC#N)N(C(C)C)C(C)C)[C@@H](CCCP(=O)(O)NS(C)(=O)=O)O[C@H]1n1ccc(=O)[nH]c1=O. The highest BCUT2D eigenvalue weighted by atomic mass is 32.2. The minimum absolute atomic E-state index is 0.0195. The van der Waals surface area contributed by atoms with Crippen molar-refractivity contribution in [3.63, 3.8) is 0 Å². The van der Waals surface area contributed by atoms with Crippen LogP contribution in [0.4, 0.5) is 0 Å². The van der Waals surface area contributed by atoms with Crippen LogP contribution in [0.1, 0.15) is 53.2 Å². The molecular formula is C26H47N5O12P2S. The summed E-state index contributed by atoms with van der Waals surface area (Å²) < 4.78 is 77.0. The van der Waals surface area contributed by atoms with Gasteiger partial charge >= 0.3 is 5.69 Å². The summed E-state index contributed by atoms with van der Waals surface area (Å²) in [6, 6.07) is 3.10. The largest absolute Gasteiger partial charge is 0.382 e. The molecule has 2 heterocycles. The normalized spacial score (nSPS) is 22.5. The number of aromatic nitrogens is 2. The molecule has 2 rings (SSSR count). The number of nitrogens with zero attached hydrogens (tertiary/aromatic N) is 3. The molecule has 1 fully saturated rings. The van der Waals surface area contributed by atoms with Gasteiger partial charge in [0.2, 0.25) is 10.0 Å². The predicted molar refractivity (Wildman–Crippen MR) is 170 cm³/mol. The predicted octanol–water partition coefficient (Wildman–Crippen LogP) is 1.66. The van der Waals surface area contributed by atoms with E-state index in [0.717, 1.165) is 16.9 Å². The molecule has 1 aromatic rings. The lowest BCUT2D eigenvalue weighted by atomic mass is 10.1. The van der Waals surface area contributed by atoms with Gasteiger partial charge in [-0.15, -0.1) is 4.49 Å². The van der Waals surface area contributed by atoms with Crippen LogP contribution in [0, 0.1) is 11.3 Å². The summed E-state index contributed by atoms with van der Waals surface area (Å²) in [5.41, 5.74) is -1.38. The Morgan fingerprint density at radius 3 is 2.35 bits per heavy atom. The van der Waals surface area contributed by atoms with E-state index in [9.17, 15) is 27.5 Å². The Morgan fingerprint density at radius 2 is 1.83 bits per heavy atom. The van der Waals surface area contributed by atoms with E-state index in [0.29, 0.717) is 0 Å². The van der Waals surface area contributed by atoms with Gasteiger partial charge < -0.3 is 32.9 Å². The second-order valence-electron chi connectivity index (χ2n) is 11.3. The Balaban J connectivity index is 2.61. The quantitative estimate of drug-likeness (QED) is 0.122. The van der Waals surface area contributed by atoms with Crippen LogP contribution in [-0.2, 0) is 42.6 Å². The molecule has 20 heteroatoms. The molecule has 17 nitrogen and oxygen atoms in total. The zero-order valence-corrected chi connectivity index (χ0v) is 29.8. The van der Waals surface area contributed by atoms with E-state index in [1.54, 1.807) is 4.49 Å². The topological polar surface area (TPSA) is 221 Å². The lowest BCUT2D eigenvalue weighted by Crippen LogP contribution is -2.44. The van der Waals surface area contributed by atoms with Crippen LogP contribution < -0.4 is 15.7 Å². The van der Waals surface area contributed by atoms with Gasteiger partial charge in [0.1, 0.15) is 18.3 Å². The first-order valence-electron chi connectivity index (χ1n) is 14.7. The molecule has 0 aromatic carbocycles. The fourth-order valence-electron chi connectivity index (χ4n) is 4.99. The zero-order valence-electron chi connectivity index (χ0n) is 27.2. The number of sulfonamides is 1. The molecule has 0 spiro atoms. The van der Waals surface area contributed by atoms with Crippen LogP contribution in [0.3, 0.4) is 0 Å². The van der Waals surface area contributed by atoms with Crippen molar-refractivity contribution in [3.8, 4) is 6.07 Å². The van der Waals surface area contributed by atoms with E-state index < -0.39 is 74.1 Å². The first kappa shape index (κ1) is 40.6. The summed E-state index contributed by atoms with van der Waals surface area (Å²) in [6.07, 6.45) is -2.80. The van der Waals surface area contributed by atoms with Crippen LogP contribution in [-0.4, -0.2) is 110 Å². The molecule has 0 radical (unpaired) electrons. The van der Waals surface area contributed by atoms with Gasteiger partial charge in [-0.25, -0.2) is 17.9 Å². The molecule has 1 aliphatic heterocycles. The molecule has 1 saturated heterocycles. The molecule has 46 heavy (non-hydrogen) atoms. The number of rotatable bonds is 21. The van der Waals surface area contributed by atoms with E-state index in [-0.39, 0.29) is 51.2 Å². The molecule has 0 aliphatic carbocycles. The minimum atomic E-state index is -4.27. The number of hydrogen-bond donors (Lipinski definition) is 3. The Hall–Kier alpha value is -1.58. The minimum Gasteiger partial charge on any atom is -0.382 e. The fourth-order valence-corrected chi connectivity index (χ4v) is 9.81. The van der Waals surface area contributed by atoms with Crippen molar-refractivity contribution in [2.24, 2.45) is 0 Å². The molecule has 2 unspecified atom stereocenters. The third-order valence-electron chi connectivity index (χ3n) is 6.60. The summed E-state index contributed by atoms with van der Waals surface area (Å²) in [5, 5.41) is 9.16.